The number of anilines is 1. The number of aromatic nitrogens is 2. The lowest BCUT2D eigenvalue weighted by atomic mass is 9.82. The van der Waals surface area contributed by atoms with E-state index in [0.29, 0.717) is 5.92 Å². The van der Waals surface area contributed by atoms with Crippen molar-refractivity contribution in [1.82, 2.24) is 14.9 Å². The Hall–Kier alpha value is -1.12. The highest BCUT2D eigenvalue weighted by molar-refractivity contribution is 9.10. The van der Waals surface area contributed by atoms with Gasteiger partial charge in [0.1, 0.15) is 0 Å². The summed E-state index contributed by atoms with van der Waals surface area (Å²) in [6.45, 7) is 4.50. The second-order valence-electron chi connectivity index (χ2n) is 7.46. The average Bonchev–Trinajstić information content (AvgIpc) is 2.64. The van der Waals surface area contributed by atoms with E-state index < -0.39 is 0 Å². The molecular weight excluding hydrogens is 376 g/mol. The highest BCUT2D eigenvalue weighted by atomic mass is 79.9. The fourth-order valence-electron chi connectivity index (χ4n) is 3.88. The topological polar surface area (TPSA) is 32.3 Å². The quantitative estimate of drug-likeness (QED) is 0.710. The molecule has 4 nitrogen and oxygen atoms in total. The predicted octanol–water partition coefficient (Wildman–Crippen LogP) is 3.97. The van der Waals surface area contributed by atoms with Gasteiger partial charge in [0.15, 0.2) is 0 Å². The summed E-state index contributed by atoms with van der Waals surface area (Å²) in [5.74, 6) is 9.15. The van der Waals surface area contributed by atoms with E-state index in [4.69, 9.17) is 0 Å². The van der Waals surface area contributed by atoms with Crippen LogP contribution in [0.4, 0.5) is 5.95 Å². The second kappa shape index (κ2) is 9.54. The van der Waals surface area contributed by atoms with Gasteiger partial charge in [-0.1, -0.05) is 18.3 Å². The highest BCUT2D eigenvalue weighted by Gasteiger charge is 2.21. The van der Waals surface area contributed by atoms with Crippen LogP contribution in [0.5, 0.6) is 0 Å². The maximum absolute atomic E-state index is 4.38. The molecule has 25 heavy (non-hydrogen) atoms. The lowest BCUT2D eigenvalue weighted by Crippen LogP contribution is -2.30. The van der Waals surface area contributed by atoms with E-state index in [0.717, 1.165) is 29.4 Å². The summed E-state index contributed by atoms with van der Waals surface area (Å²) < 4.78 is 0.924. The molecule has 1 aliphatic heterocycles. The molecule has 0 radical (unpaired) electrons. The van der Waals surface area contributed by atoms with E-state index in [-0.39, 0.29) is 0 Å². The Balaban J connectivity index is 1.39. The Kier molecular flexibility index (Phi) is 7.12. The van der Waals surface area contributed by atoms with Crippen molar-refractivity contribution in [2.75, 3.05) is 38.1 Å². The lowest BCUT2D eigenvalue weighted by molar-refractivity contribution is 0.254. The normalized spacial score (nSPS) is 24.4. The summed E-state index contributed by atoms with van der Waals surface area (Å²) in [6.07, 6.45) is 12.7. The van der Waals surface area contributed by atoms with Crippen LogP contribution in [-0.4, -0.2) is 48.1 Å². The minimum atomic E-state index is 0.607. The number of hydrogen-bond donors (Lipinski definition) is 0. The SMILES string of the molecule is CN(CC1CCC(C#CCN2CCCCC2)CC1)c1ncc(Br)cn1. The van der Waals surface area contributed by atoms with Gasteiger partial charge < -0.3 is 4.90 Å². The van der Waals surface area contributed by atoms with Gasteiger partial charge in [0.25, 0.3) is 0 Å². The van der Waals surface area contributed by atoms with E-state index >= 15 is 0 Å². The molecule has 2 heterocycles. The van der Waals surface area contributed by atoms with Crippen LogP contribution in [0, 0.1) is 23.7 Å². The fraction of sp³-hybridized carbons (Fsp3) is 0.700. The van der Waals surface area contributed by atoms with Gasteiger partial charge >= 0.3 is 0 Å². The monoisotopic (exact) mass is 404 g/mol. The number of halogens is 1. The van der Waals surface area contributed by atoms with E-state index in [1.54, 1.807) is 0 Å². The first-order valence-electron chi connectivity index (χ1n) is 9.60. The molecule has 0 amide bonds. The van der Waals surface area contributed by atoms with Crippen LogP contribution in [0.15, 0.2) is 16.9 Å². The molecule has 0 atom stereocenters. The molecule has 1 aliphatic carbocycles. The number of piperidine rings is 1. The summed E-state index contributed by atoms with van der Waals surface area (Å²) in [5.41, 5.74) is 0. The van der Waals surface area contributed by atoms with E-state index in [9.17, 15) is 0 Å². The first kappa shape index (κ1) is 18.7. The van der Waals surface area contributed by atoms with Crippen molar-refractivity contribution in [1.29, 1.82) is 0 Å². The Morgan fingerprint density at radius 2 is 1.80 bits per heavy atom. The summed E-state index contributed by atoms with van der Waals surface area (Å²) in [5, 5.41) is 0. The molecule has 1 aromatic heterocycles. The Morgan fingerprint density at radius 1 is 1.12 bits per heavy atom. The molecule has 2 fully saturated rings. The van der Waals surface area contributed by atoms with Crippen LogP contribution in [0.1, 0.15) is 44.9 Å². The molecule has 0 spiro atoms. The van der Waals surface area contributed by atoms with Gasteiger partial charge in [-0.25, -0.2) is 9.97 Å². The summed E-state index contributed by atoms with van der Waals surface area (Å²) in [7, 11) is 2.09. The standard InChI is InChI=1S/C20H29BrN4/c1-24(20-22-14-19(21)15-23-20)16-18-9-7-17(8-10-18)6-5-13-25-11-3-2-4-12-25/h14-15,17-18H,2-4,7-13,16H2,1H3. The summed E-state index contributed by atoms with van der Waals surface area (Å²) >= 11 is 3.39. The van der Waals surface area contributed by atoms with Gasteiger partial charge in [-0.05, 0) is 73.5 Å². The van der Waals surface area contributed by atoms with Gasteiger partial charge in [-0.3, -0.25) is 4.90 Å². The number of hydrogen-bond acceptors (Lipinski definition) is 4. The first-order chi connectivity index (χ1) is 12.2. The van der Waals surface area contributed by atoms with Crippen LogP contribution in [0.3, 0.4) is 0 Å². The minimum absolute atomic E-state index is 0.607. The third-order valence-corrected chi connectivity index (χ3v) is 5.79. The number of likely N-dealkylation sites (tertiary alicyclic amines) is 1. The molecule has 0 N–H and O–H groups in total. The molecule has 0 bridgehead atoms. The summed E-state index contributed by atoms with van der Waals surface area (Å²) in [6, 6.07) is 0. The van der Waals surface area contributed by atoms with Crippen molar-refractivity contribution in [3.05, 3.63) is 16.9 Å². The average molecular weight is 405 g/mol. The van der Waals surface area contributed by atoms with Gasteiger partial charge in [0.2, 0.25) is 5.95 Å². The maximum Gasteiger partial charge on any atom is 0.225 e. The van der Waals surface area contributed by atoms with E-state index in [2.05, 4.69) is 54.6 Å². The third-order valence-electron chi connectivity index (χ3n) is 5.38. The molecule has 3 rings (SSSR count). The predicted molar refractivity (Wildman–Crippen MR) is 107 cm³/mol. The molecular formula is C20H29BrN4. The third kappa shape index (κ3) is 5.97. The minimum Gasteiger partial charge on any atom is -0.344 e. The zero-order valence-corrected chi connectivity index (χ0v) is 16.8. The maximum atomic E-state index is 4.38. The van der Waals surface area contributed by atoms with Crippen molar-refractivity contribution in [3.8, 4) is 11.8 Å². The van der Waals surface area contributed by atoms with Crippen LogP contribution in [-0.2, 0) is 0 Å². The first-order valence-corrected chi connectivity index (χ1v) is 10.4. The van der Waals surface area contributed by atoms with Crippen molar-refractivity contribution >= 4 is 21.9 Å². The second-order valence-corrected chi connectivity index (χ2v) is 8.37. The molecule has 1 saturated heterocycles. The smallest absolute Gasteiger partial charge is 0.225 e. The van der Waals surface area contributed by atoms with Crippen LogP contribution in [0.25, 0.3) is 0 Å². The van der Waals surface area contributed by atoms with Crippen LogP contribution < -0.4 is 4.90 Å². The van der Waals surface area contributed by atoms with Crippen molar-refractivity contribution < 1.29 is 0 Å². The van der Waals surface area contributed by atoms with Crippen LogP contribution >= 0.6 is 15.9 Å². The van der Waals surface area contributed by atoms with E-state index in [1.807, 2.05) is 12.4 Å². The molecule has 0 unspecified atom stereocenters. The lowest BCUT2D eigenvalue weighted by Gasteiger charge is -2.29. The molecule has 0 aromatic carbocycles. The summed E-state index contributed by atoms with van der Waals surface area (Å²) in [4.78, 5) is 13.5. The Labute approximate surface area is 160 Å². The molecule has 136 valence electrons. The molecule has 2 aliphatic rings. The number of nitrogens with zero attached hydrogens (tertiary/aromatic N) is 4. The molecule has 5 heteroatoms. The Bertz CT molecular complexity index is 578. The van der Waals surface area contributed by atoms with Crippen molar-refractivity contribution in [2.24, 2.45) is 11.8 Å². The van der Waals surface area contributed by atoms with Crippen molar-refractivity contribution in [2.45, 2.75) is 44.9 Å². The van der Waals surface area contributed by atoms with Gasteiger partial charge in [0, 0.05) is 31.9 Å². The Morgan fingerprint density at radius 3 is 2.48 bits per heavy atom. The largest absolute Gasteiger partial charge is 0.344 e. The van der Waals surface area contributed by atoms with Crippen molar-refractivity contribution in [3.63, 3.8) is 0 Å². The number of rotatable bonds is 4. The van der Waals surface area contributed by atoms with Crippen LogP contribution in [0.2, 0.25) is 0 Å². The highest BCUT2D eigenvalue weighted by Crippen LogP contribution is 2.29. The zero-order valence-electron chi connectivity index (χ0n) is 15.3. The van der Waals surface area contributed by atoms with Gasteiger partial charge in [-0.15, -0.1) is 0 Å². The molecule has 1 aromatic rings. The van der Waals surface area contributed by atoms with Gasteiger partial charge in [-0.2, -0.15) is 0 Å². The fourth-order valence-corrected chi connectivity index (χ4v) is 4.08. The zero-order chi connectivity index (χ0) is 17.5. The van der Waals surface area contributed by atoms with Gasteiger partial charge in [0.05, 0.1) is 11.0 Å². The van der Waals surface area contributed by atoms with E-state index in [1.165, 1.54) is 58.0 Å². The molecule has 1 saturated carbocycles.